The van der Waals surface area contributed by atoms with E-state index in [1.165, 1.54) is 7.05 Å². The predicted molar refractivity (Wildman–Crippen MR) is 76.1 cm³/mol. The van der Waals surface area contributed by atoms with Gasteiger partial charge in [0.1, 0.15) is 0 Å². The van der Waals surface area contributed by atoms with Crippen molar-refractivity contribution in [2.75, 3.05) is 17.7 Å². The maximum Gasteiger partial charge on any atom is 0.169 e. The Hall–Kier alpha value is -1.40. The SMILES string of the molecule is CNc1nc(Nc2ccc(Br)c(Cl)c2)c(F)cc1F. The Morgan fingerprint density at radius 1 is 1.16 bits per heavy atom. The Kier molecular flexibility index (Phi) is 4.21. The summed E-state index contributed by atoms with van der Waals surface area (Å²) >= 11 is 9.18. The molecule has 0 amide bonds. The van der Waals surface area contributed by atoms with Crippen LogP contribution in [0.5, 0.6) is 0 Å². The van der Waals surface area contributed by atoms with Gasteiger partial charge in [0, 0.05) is 23.3 Å². The molecule has 1 aromatic carbocycles. The average molecular weight is 349 g/mol. The third-order valence-electron chi connectivity index (χ3n) is 2.35. The lowest BCUT2D eigenvalue weighted by Gasteiger charge is -2.10. The molecule has 0 bridgehead atoms. The van der Waals surface area contributed by atoms with Gasteiger partial charge in [-0.15, -0.1) is 0 Å². The van der Waals surface area contributed by atoms with E-state index < -0.39 is 11.6 Å². The molecular weight excluding hydrogens is 340 g/mol. The average Bonchev–Trinajstić information content (AvgIpc) is 2.37. The first-order valence-electron chi connectivity index (χ1n) is 5.27. The van der Waals surface area contributed by atoms with Crippen LogP contribution >= 0.6 is 27.5 Å². The van der Waals surface area contributed by atoms with Crippen molar-refractivity contribution >= 4 is 44.9 Å². The van der Waals surface area contributed by atoms with Gasteiger partial charge in [0.15, 0.2) is 23.3 Å². The number of hydrogen-bond acceptors (Lipinski definition) is 3. The quantitative estimate of drug-likeness (QED) is 0.854. The number of rotatable bonds is 3. The van der Waals surface area contributed by atoms with Crippen LogP contribution in [0, 0.1) is 11.6 Å². The summed E-state index contributed by atoms with van der Waals surface area (Å²) in [5.74, 6) is -1.65. The van der Waals surface area contributed by atoms with Gasteiger partial charge in [0.05, 0.1) is 5.02 Å². The molecule has 0 aliphatic rings. The lowest BCUT2D eigenvalue weighted by Crippen LogP contribution is -2.03. The maximum absolute atomic E-state index is 13.6. The van der Waals surface area contributed by atoms with Crippen LogP contribution in [0.1, 0.15) is 0 Å². The zero-order chi connectivity index (χ0) is 14.0. The molecule has 7 heteroatoms. The van der Waals surface area contributed by atoms with Gasteiger partial charge in [-0.1, -0.05) is 11.6 Å². The first kappa shape index (κ1) is 14.0. The molecule has 2 N–H and O–H groups in total. The van der Waals surface area contributed by atoms with E-state index in [0.717, 1.165) is 10.5 Å². The van der Waals surface area contributed by atoms with Crippen molar-refractivity contribution in [3.05, 3.63) is 45.4 Å². The summed E-state index contributed by atoms with van der Waals surface area (Å²) in [7, 11) is 1.50. The van der Waals surface area contributed by atoms with Crippen LogP contribution in [0.4, 0.5) is 26.1 Å². The second-order valence-electron chi connectivity index (χ2n) is 3.65. The van der Waals surface area contributed by atoms with Crippen molar-refractivity contribution in [3.63, 3.8) is 0 Å². The number of anilines is 3. The summed E-state index contributed by atoms with van der Waals surface area (Å²) in [5.41, 5.74) is 0.549. The van der Waals surface area contributed by atoms with Crippen molar-refractivity contribution in [2.24, 2.45) is 0 Å². The minimum Gasteiger partial charge on any atom is -0.371 e. The standard InChI is InChI=1S/C12H9BrClF2N3/c1-17-11-9(15)5-10(16)12(19-11)18-6-2-3-7(13)8(14)4-6/h2-5H,1H3,(H2,17,18,19). The van der Waals surface area contributed by atoms with Gasteiger partial charge < -0.3 is 10.6 Å². The third-order valence-corrected chi connectivity index (χ3v) is 3.58. The van der Waals surface area contributed by atoms with Crippen LogP contribution in [-0.4, -0.2) is 12.0 Å². The fourth-order valence-corrected chi connectivity index (χ4v) is 1.87. The number of nitrogens with zero attached hydrogens (tertiary/aromatic N) is 1. The van der Waals surface area contributed by atoms with E-state index in [4.69, 9.17) is 11.6 Å². The number of halogens is 4. The van der Waals surface area contributed by atoms with Gasteiger partial charge in [-0.25, -0.2) is 13.8 Å². The molecule has 0 aliphatic carbocycles. The lowest BCUT2D eigenvalue weighted by molar-refractivity contribution is 0.580. The molecule has 19 heavy (non-hydrogen) atoms. The van der Waals surface area contributed by atoms with E-state index in [-0.39, 0.29) is 11.6 Å². The largest absolute Gasteiger partial charge is 0.371 e. The summed E-state index contributed by atoms with van der Waals surface area (Å²) in [5, 5.41) is 5.76. The highest BCUT2D eigenvalue weighted by atomic mass is 79.9. The van der Waals surface area contributed by atoms with Crippen molar-refractivity contribution < 1.29 is 8.78 Å². The van der Waals surface area contributed by atoms with Crippen molar-refractivity contribution in [2.45, 2.75) is 0 Å². The molecule has 2 rings (SSSR count). The highest BCUT2D eigenvalue weighted by Crippen LogP contribution is 2.28. The Bertz CT molecular complexity index is 622. The van der Waals surface area contributed by atoms with Crippen LogP contribution in [0.15, 0.2) is 28.7 Å². The molecule has 0 spiro atoms. The number of benzene rings is 1. The molecule has 0 atom stereocenters. The Labute approximate surface area is 122 Å². The first-order valence-corrected chi connectivity index (χ1v) is 6.44. The van der Waals surface area contributed by atoms with Gasteiger partial charge in [0.25, 0.3) is 0 Å². The molecule has 1 heterocycles. The molecule has 2 aromatic rings. The summed E-state index contributed by atoms with van der Waals surface area (Å²) in [4.78, 5) is 3.81. The van der Waals surface area contributed by atoms with E-state index in [1.54, 1.807) is 18.2 Å². The topological polar surface area (TPSA) is 37.0 Å². The van der Waals surface area contributed by atoms with Gasteiger partial charge in [-0.3, -0.25) is 0 Å². The Balaban J connectivity index is 2.34. The molecule has 0 fully saturated rings. The molecule has 0 aliphatic heterocycles. The van der Waals surface area contributed by atoms with Crippen molar-refractivity contribution in [1.82, 2.24) is 4.98 Å². The smallest absolute Gasteiger partial charge is 0.169 e. The van der Waals surface area contributed by atoms with E-state index in [9.17, 15) is 8.78 Å². The number of aromatic nitrogens is 1. The Morgan fingerprint density at radius 2 is 1.84 bits per heavy atom. The maximum atomic E-state index is 13.6. The molecule has 100 valence electrons. The van der Waals surface area contributed by atoms with E-state index in [0.29, 0.717) is 10.7 Å². The van der Waals surface area contributed by atoms with Crippen LogP contribution < -0.4 is 10.6 Å². The fraction of sp³-hybridized carbons (Fsp3) is 0.0833. The first-order chi connectivity index (χ1) is 9.01. The van der Waals surface area contributed by atoms with Crippen molar-refractivity contribution in [1.29, 1.82) is 0 Å². The zero-order valence-corrected chi connectivity index (χ0v) is 12.1. The molecule has 3 nitrogen and oxygen atoms in total. The van der Waals surface area contributed by atoms with Crippen LogP contribution in [-0.2, 0) is 0 Å². The van der Waals surface area contributed by atoms with Crippen LogP contribution in [0.25, 0.3) is 0 Å². The summed E-state index contributed by atoms with van der Waals surface area (Å²) in [6.45, 7) is 0. The normalized spacial score (nSPS) is 10.4. The minimum absolute atomic E-state index is 0.0351. The third kappa shape index (κ3) is 3.13. The molecule has 0 unspecified atom stereocenters. The van der Waals surface area contributed by atoms with E-state index in [2.05, 4.69) is 31.5 Å². The molecular formula is C12H9BrClF2N3. The monoisotopic (exact) mass is 347 g/mol. The second kappa shape index (κ2) is 5.71. The molecule has 1 aromatic heterocycles. The highest BCUT2D eigenvalue weighted by molar-refractivity contribution is 9.10. The van der Waals surface area contributed by atoms with Crippen LogP contribution in [0.2, 0.25) is 5.02 Å². The van der Waals surface area contributed by atoms with E-state index >= 15 is 0 Å². The fourth-order valence-electron chi connectivity index (χ4n) is 1.44. The number of nitrogens with one attached hydrogen (secondary N) is 2. The summed E-state index contributed by atoms with van der Waals surface area (Å²) in [6.07, 6.45) is 0. The predicted octanol–water partition coefficient (Wildman–Crippen LogP) is 4.56. The zero-order valence-electron chi connectivity index (χ0n) is 9.77. The highest BCUT2D eigenvalue weighted by Gasteiger charge is 2.11. The van der Waals surface area contributed by atoms with Gasteiger partial charge >= 0.3 is 0 Å². The summed E-state index contributed by atoms with van der Waals surface area (Å²) < 4.78 is 27.6. The second-order valence-corrected chi connectivity index (χ2v) is 4.91. The summed E-state index contributed by atoms with van der Waals surface area (Å²) in [6, 6.07) is 5.78. The van der Waals surface area contributed by atoms with Gasteiger partial charge in [0.2, 0.25) is 0 Å². The molecule has 0 radical (unpaired) electrons. The lowest BCUT2D eigenvalue weighted by atomic mass is 10.3. The van der Waals surface area contributed by atoms with Crippen LogP contribution in [0.3, 0.4) is 0 Å². The number of hydrogen-bond donors (Lipinski definition) is 2. The minimum atomic E-state index is -0.782. The van der Waals surface area contributed by atoms with Crippen molar-refractivity contribution in [3.8, 4) is 0 Å². The number of pyridine rings is 1. The van der Waals surface area contributed by atoms with Gasteiger partial charge in [-0.05, 0) is 34.1 Å². The Morgan fingerprint density at radius 3 is 2.47 bits per heavy atom. The molecule has 0 saturated heterocycles. The van der Waals surface area contributed by atoms with Gasteiger partial charge in [-0.2, -0.15) is 0 Å². The molecule has 0 saturated carbocycles. The van der Waals surface area contributed by atoms with E-state index in [1.807, 2.05) is 0 Å².